The predicted octanol–water partition coefficient (Wildman–Crippen LogP) is 4.82. The van der Waals surface area contributed by atoms with Crippen molar-refractivity contribution >= 4 is 24.1 Å². The maximum absolute atomic E-state index is 12.9. The maximum atomic E-state index is 12.9. The molecule has 0 saturated heterocycles. The number of halogens is 2. The summed E-state index contributed by atoms with van der Waals surface area (Å²) in [6, 6.07) is 6.60. The highest BCUT2D eigenvalue weighted by atomic mass is 35.5. The third-order valence-electron chi connectivity index (χ3n) is 5.18. The summed E-state index contributed by atoms with van der Waals surface area (Å²) in [6.45, 7) is 0.550. The fraction of sp³-hybridized carbons (Fsp3) is 0.556. The Hall–Kier alpha value is -1.40. The number of ether oxygens (including phenoxy) is 2. The number of aryl methyl sites for hydroxylation is 1. The summed E-state index contributed by atoms with van der Waals surface area (Å²) in [4.78, 5) is 0. The Kier molecular flexibility index (Phi) is 5.79. The Morgan fingerprint density at radius 1 is 1.12 bits per heavy atom. The van der Waals surface area contributed by atoms with Gasteiger partial charge < -0.3 is 9.47 Å². The van der Waals surface area contributed by atoms with E-state index in [2.05, 4.69) is 8.75 Å². The van der Waals surface area contributed by atoms with Crippen molar-refractivity contribution < 1.29 is 13.9 Å². The first-order valence-electron chi connectivity index (χ1n) is 8.61. The van der Waals surface area contributed by atoms with Crippen molar-refractivity contribution in [1.29, 1.82) is 0 Å². The van der Waals surface area contributed by atoms with Crippen LogP contribution in [0.15, 0.2) is 24.3 Å². The second-order valence-electron chi connectivity index (χ2n) is 6.89. The van der Waals surface area contributed by atoms with Crippen LogP contribution in [0.1, 0.15) is 44.1 Å². The summed E-state index contributed by atoms with van der Waals surface area (Å²) < 4.78 is 33.4. The second kappa shape index (κ2) is 7.87. The number of nitrogens with zero attached hydrogens (tertiary/aromatic N) is 2. The van der Waals surface area contributed by atoms with E-state index in [1.807, 2.05) is 12.1 Å². The smallest absolute Gasteiger partial charge is 0.291 e. The lowest BCUT2D eigenvalue weighted by molar-refractivity contribution is 0.0705. The van der Waals surface area contributed by atoms with Gasteiger partial charge >= 0.3 is 0 Å². The molecular formula is C18H22ClFN2O2S. The van der Waals surface area contributed by atoms with Gasteiger partial charge in [-0.2, -0.15) is 0 Å². The topological polar surface area (TPSA) is 44.2 Å². The summed E-state index contributed by atoms with van der Waals surface area (Å²) in [5.41, 5.74) is 1.09. The van der Waals surface area contributed by atoms with Crippen LogP contribution in [0, 0.1) is 11.7 Å². The third kappa shape index (κ3) is 4.23. The fourth-order valence-electron chi connectivity index (χ4n) is 3.91. The molecule has 0 amide bonds. The fourth-order valence-corrected chi connectivity index (χ4v) is 4.34. The first-order chi connectivity index (χ1) is 11.7. The molecule has 2 bridgehead atoms. The molecule has 0 unspecified atom stereocenters. The lowest BCUT2D eigenvalue weighted by Crippen LogP contribution is -2.30. The minimum atomic E-state index is -0.203. The van der Waals surface area contributed by atoms with E-state index in [0.717, 1.165) is 55.3 Å². The van der Waals surface area contributed by atoms with Crippen molar-refractivity contribution in [2.24, 2.45) is 5.92 Å². The van der Waals surface area contributed by atoms with Gasteiger partial charge in [-0.05, 0) is 68.6 Å². The monoisotopic (exact) mass is 384 g/mol. The molecule has 136 valence electrons. The molecule has 1 aromatic carbocycles. The molecule has 4 nitrogen and oxygen atoms in total. The molecule has 0 N–H and O–H groups in total. The zero-order valence-electron chi connectivity index (χ0n) is 13.9. The molecular weight excluding hydrogens is 363 g/mol. The first-order valence-corrected chi connectivity index (χ1v) is 9.34. The molecule has 1 aromatic heterocycles. The normalized spacial score (nSPS) is 24.1. The van der Waals surface area contributed by atoms with Gasteiger partial charge in [-0.25, -0.2) is 4.39 Å². The molecule has 1 heterocycles. The summed E-state index contributed by atoms with van der Waals surface area (Å²) in [7, 11) is 0. The van der Waals surface area contributed by atoms with Crippen LogP contribution in [0.2, 0.25) is 0 Å². The quantitative estimate of drug-likeness (QED) is 0.642. The molecule has 7 heteroatoms. The zero-order valence-corrected chi connectivity index (χ0v) is 15.6. The summed E-state index contributed by atoms with van der Waals surface area (Å²) >= 11 is 1.14. The van der Waals surface area contributed by atoms with E-state index in [9.17, 15) is 4.39 Å². The van der Waals surface area contributed by atoms with Gasteiger partial charge in [0.15, 0.2) is 0 Å². The molecule has 0 atom stereocenters. The summed E-state index contributed by atoms with van der Waals surface area (Å²) in [5, 5.41) is 0. The van der Waals surface area contributed by atoms with Gasteiger partial charge in [0.1, 0.15) is 11.4 Å². The first kappa shape index (κ1) is 18.4. The van der Waals surface area contributed by atoms with Crippen LogP contribution in [0.25, 0.3) is 0 Å². The van der Waals surface area contributed by atoms with Gasteiger partial charge in [-0.15, -0.1) is 21.2 Å². The summed E-state index contributed by atoms with van der Waals surface area (Å²) in [5.74, 6) is 1.70. The minimum Gasteiger partial charge on any atom is -0.473 e. The molecule has 2 aliphatic rings. The van der Waals surface area contributed by atoms with Crippen LogP contribution in [-0.4, -0.2) is 21.0 Å². The highest BCUT2D eigenvalue weighted by Crippen LogP contribution is 2.50. The van der Waals surface area contributed by atoms with Crippen LogP contribution < -0.4 is 9.47 Å². The second-order valence-corrected chi connectivity index (χ2v) is 7.41. The van der Waals surface area contributed by atoms with E-state index in [4.69, 9.17) is 9.47 Å². The minimum absolute atomic E-state index is 0. The molecule has 4 rings (SSSR count). The molecule has 0 radical (unpaired) electrons. The molecule has 2 fully saturated rings. The number of hydrogen-bond acceptors (Lipinski definition) is 5. The average Bonchev–Trinajstić information content (AvgIpc) is 3.30. The Morgan fingerprint density at radius 3 is 2.52 bits per heavy atom. The average molecular weight is 385 g/mol. The van der Waals surface area contributed by atoms with E-state index in [1.165, 1.54) is 25.0 Å². The number of hydrogen-bond donors (Lipinski definition) is 0. The van der Waals surface area contributed by atoms with E-state index in [1.54, 1.807) is 0 Å². The van der Waals surface area contributed by atoms with Crippen molar-refractivity contribution in [3.05, 3.63) is 35.6 Å². The zero-order chi connectivity index (χ0) is 16.4. The van der Waals surface area contributed by atoms with Gasteiger partial charge in [-0.3, -0.25) is 0 Å². The van der Waals surface area contributed by atoms with Crippen LogP contribution in [-0.2, 0) is 6.42 Å². The number of aromatic nitrogens is 2. The van der Waals surface area contributed by atoms with Crippen LogP contribution in [0.3, 0.4) is 0 Å². The van der Waals surface area contributed by atoms with Gasteiger partial charge in [0.2, 0.25) is 0 Å². The van der Waals surface area contributed by atoms with Crippen molar-refractivity contribution in [3.8, 4) is 11.8 Å². The Morgan fingerprint density at radius 2 is 1.84 bits per heavy atom. The number of fused-ring (bicyclic) bond motifs is 2. The van der Waals surface area contributed by atoms with Crippen molar-refractivity contribution in [2.75, 3.05) is 6.61 Å². The van der Waals surface area contributed by atoms with Gasteiger partial charge in [-0.1, -0.05) is 12.1 Å². The van der Waals surface area contributed by atoms with Crippen molar-refractivity contribution in [3.63, 3.8) is 0 Å². The number of benzene rings is 1. The maximum Gasteiger partial charge on any atom is 0.291 e. The van der Waals surface area contributed by atoms with Crippen LogP contribution >= 0.6 is 24.1 Å². The highest BCUT2D eigenvalue weighted by molar-refractivity contribution is 6.99. The number of rotatable bonds is 7. The van der Waals surface area contributed by atoms with Crippen LogP contribution in [0.4, 0.5) is 4.39 Å². The standard InChI is InChI=1S/C18H21FN2O2S.ClH/c19-15-5-3-13(4-6-15)2-1-11-22-16-17(21-24-20-16)23-18-9-7-14(12-18)8-10-18;/h3-6,14H,1-2,7-12H2;1H. The van der Waals surface area contributed by atoms with Crippen molar-refractivity contribution in [1.82, 2.24) is 8.75 Å². The molecule has 2 aliphatic carbocycles. The molecule has 25 heavy (non-hydrogen) atoms. The molecule has 0 aliphatic heterocycles. The van der Waals surface area contributed by atoms with Crippen molar-refractivity contribution in [2.45, 2.75) is 50.5 Å². The lowest BCUT2D eigenvalue weighted by atomic mass is 9.97. The highest BCUT2D eigenvalue weighted by Gasteiger charge is 2.47. The molecule has 2 aromatic rings. The van der Waals surface area contributed by atoms with Gasteiger partial charge in [0.25, 0.3) is 11.8 Å². The van der Waals surface area contributed by atoms with Gasteiger partial charge in [0, 0.05) is 0 Å². The lowest BCUT2D eigenvalue weighted by Gasteiger charge is -2.26. The third-order valence-corrected chi connectivity index (χ3v) is 5.68. The van der Waals surface area contributed by atoms with E-state index >= 15 is 0 Å². The molecule has 2 saturated carbocycles. The summed E-state index contributed by atoms with van der Waals surface area (Å²) in [6.07, 6.45) is 7.62. The Balaban J connectivity index is 0.00000182. The SMILES string of the molecule is Cl.Fc1ccc(CCCOc2nsnc2OC23CCC(CC2)C3)cc1. The van der Waals surface area contributed by atoms with Gasteiger partial charge in [0.05, 0.1) is 18.3 Å². The molecule has 0 spiro atoms. The van der Waals surface area contributed by atoms with Crippen LogP contribution in [0.5, 0.6) is 11.8 Å². The Labute approximate surface area is 157 Å². The van der Waals surface area contributed by atoms with E-state index < -0.39 is 0 Å². The predicted molar refractivity (Wildman–Crippen MR) is 97.3 cm³/mol. The largest absolute Gasteiger partial charge is 0.473 e. The Bertz CT molecular complexity index is 687. The van der Waals surface area contributed by atoms with E-state index in [0.29, 0.717) is 18.4 Å². The van der Waals surface area contributed by atoms with E-state index in [-0.39, 0.29) is 23.8 Å².